The lowest BCUT2D eigenvalue weighted by Crippen LogP contribution is -2.00. The van der Waals surface area contributed by atoms with E-state index in [2.05, 4.69) is 69.8 Å². The van der Waals surface area contributed by atoms with E-state index in [0.717, 1.165) is 4.47 Å². The highest BCUT2D eigenvalue weighted by molar-refractivity contribution is 9.10. The molecule has 0 amide bonds. The maximum Gasteiger partial charge on any atom is 0.103 e. The smallest absolute Gasteiger partial charge is 0.103 e. The fourth-order valence-corrected chi connectivity index (χ4v) is 3.18. The highest BCUT2D eigenvalue weighted by atomic mass is 79.9. The van der Waals surface area contributed by atoms with Gasteiger partial charge in [-0.25, -0.2) is 0 Å². The van der Waals surface area contributed by atoms with Crippen LogP contribution >= 0.6 is 27.7 Å². The molecule has 0 bridgehead atoms. The van der Waals surface area contributed by atoms with E-state index in [1.54, 1.807) is 0 Å². The number of thioether (sulfide) groups is 1. The summed E-state index contributed by atoms with van der Waals surface area (Å²) in [4.78, 5) is 1.33. The van der Waals surface area contributed by atoms with Crippen molar-refractivity contribution < 1.29 is 0 Å². The number of para-hydroxylation sites is 1. The van der Waals surface area contributed by atoms with Crippen molar-refractivity contribution in [1.82, 2.24) is 0 Å². The zero-order valence-electron chi connectivity index (χ0n) is 8.48. The van der Waals surface area contributed by atoms with Crippen LogP contribution < -0.4 is 5.32 Å². The Bertz CT molecular complexity index is 485. The van der Waals surface area contributed by atoms with Crippen molar-refractivity contribution >= 4 is 33.4 Å². The highest BCUT2D eigenvalue weighted by Gasteiger charge is 2.21. The molecule has 1 nitrogen and oxygen atoms in total. The summed E-state index contributed by atoms with van der Waals surface area (Å²) in [6.45, 7) is 0. The minimum atomic E-state index is 0.338. The molecule has 2 aromatic rings. The van der Waals surface area contributed by atoms with Gasteiger partial charge in [-0.15, -0.1) is 0 Å². The number of hydrogen-bond donors (Lipinski definition) is 1. The van der Waals surface area contributed by atoms with Crippen LogP contribution in [0.25, 0.3) is 0 Å². The molecule has 1 aliphatic heterocycles. The maximum absolute atomic E-state index is 3.52. The monoisotopic (exact) mass is 291 g/mol. The van der Waals surface area contributed by atoms with Gasteiger partial charge in [-0.1, -0.05) is 52.0 Å². The van der Waals surface area contributed by atoms with Gasteiger partial charge < -0.3 is 5.32 Å². The fourth-order valence-electron chi connectivity index (χ4n) is 1.78. The molecule has 3 rings (SSSR count). The third-order valence-electron chi connectivity index (χ3n) is 2.59. The summed E-state index contributed by atoms with van der Waals surface area (Å²) in [6.07, 6.45) is 0. The topological polar surface area (TPSA) is 12.0 Å². The number of fused-ring (bicyclic) bond motifs is 1. The molecule has 1 aliphatic rings. The first kappa shape index (κ1) is 10.2. The highest BCUT2D eigenvalue weighted by Crippen LogP contribution is 2.46. The summed E-state index contributed by atoms with van der Waals surface area (Å²) in [5.41, 5.74) is 2.55. The van der Waals surface area contributed by atoms with Gasteiger partial charge in [0.15, 0.2) is 0 Å². The lowest BCUT2D eigenvalue weighted by molar-refractivity contribution is 1.13. The molecular weight excluding hydrogens is 282 g/mol. The molecule has 0 saturated heterocycles. The van der Waals surface area contributed by atoms with Crippen LogP contribution in [0, 0.1) is 0 Å². The molecule has 3 heteroatoms. The summed E-state index contributed by atoms with van der Waals surface area (Å²) in [6, 6.07) is 16.9. The third kappa shape index (κ3) is 1.85. The van der Waals surface area contributed by atoms with E-state index in [1.165, 1.54) is 16.1 Å². The van der Waals surface area contributed by atoms with Crippen LogP contribution in [-0.4, -0.2) is 0 Å². The van der Waals surface area contributed by atoms with Crippen LogP contribution in [-0.2, 0) is 0 Å². The fraction of sp³-hybridized carbons (Fsp3) is 0.0769. The van der Waals surface area contributed by atoms with Gasteiger partial charge in [-0.05, 0) is 29.8 Å². The van der Waals surface area contributed by atoms with Gasteiger partial charge in [-0.2, -0.15) is 0 Å². The minimum Gasteiger partial charge on any atom is -0.368 e. The zero-order valence-corrected chi connectivity index (χ0v) is 10.9. The average Bonchev–Trinajstić information content (AvgIpc) is 2.73. The predicted molar refractivity (Wildman–Crippen MR) is 72.8 cm³/mol. The minimum absolute atomic E-state index is 0.338. The number of benzene rings is 2. The van der Waals surface area contributed by atoms with Gasteiger partial charge in [0, 0.05) is 15.1 Å². The SMILES string of the molecule is Brc1ccc(C2Nc3ccccc3S2)cc1. The van der Waals surface area contributed by atoms with Gasteiger partial charge in [0.05, 0.1) is 0 Å². The van der Waals surface area contributed by atoms with Crippen LogP contribution in [0.4, 0.5) is 5.69 Å². The largest absolute Gasteiger partial charge is 0.368 e. The summed E-state index contributed by atoms with van der Waals surface area (Å²) in [7, 11) is 0. The van der Waals surface area contributed by atoms with Crippen molar-refractivity contribution in [2.24, 2.45) is 0 Å². The maximum atomic E-state index is 3.52. The second-order valence-electron chi connectivity index (χ2n) is 3.69. The first-order chi connectivity index (χ1) is 7.83. The summed E-state index contributed by atoms with van der Waals surface area (Å²) < 4.78 is 1.12. The molecule has 80 valence electrons. The van der Waals surface area contributed by atoms with Gasteiger partial charge in [-0.3, -0.25) is 0 Å². The molecule has 16 heavy (non-hydrogen) atoms. The molecule has 1 heterocycles. The Labute approximate surface area is 107 Å². The average molecular weight is 292 g/mol. The van der Waals surface area contributed by atoms with Crippen molar-refractivity contribution in [3.8, 4) is 0 Å². The van der Waals surface area contributed by atoms with E-state index in [9.17, 15) is 0 Å². The van der Waals surface area contributed by atoms with Gasteiger partial charge in [0.1, 0.15) is 5.37 Å². The molecule has 0 fully saturated rings. The number of hydrogen-bond acceptors (Lipinski definition) is 2. The third-order valence-corrected chi connectivity index (χ3v) is 4.36. The Morgan fingerprint density at radius 2 is 1.75 bits per heavy atom. The Morgan fingerprint density at radius 3 is 2.50 bits per heavy atom. The van der Waals surface area contributed by atoms with Gasteiger partial charge in [0.2, 0.25) is 0 Å². The van der Waals surface area contributed by atoms with Crippen molar-refractivity contribution in [3.05, 3.63) is 58.6 Å². The van der Waals surface area contributed by atoms with E-state index in [-0.39, 0.29) is 0 Å². The Kier molecular flexibility index (Phi) is 2.65. The van der Waals surface area contributed by atoms with Crippen LogP contribution in [0.15, 0.2) is 57.9 Å². The molecule has 2 aromatic carbocycles. The Morgan fingerprint density at radius 1 is 1.00 bits per heavy atom. The Hall–Kier alpha value is -0.930. The van der Waals surface area contributed by atoms with Gasteiger partial charge in [0.25, 0.3) is 0 Å². The molecule has 0 radical (unpaired) electrons. The van der Waals surface area contributed by atoms with Crippen LogP contribution in [0.5, 0.6) is 0 Å². The normalized spacial score (nSPS) is 17.9. The summed E-state index contributed by atoms with van der Waals surface area (Å²) in [5.74, 6) is 0. The first-order valence-electron chi connectivity index (χ1n) is 5.10. The second-order valence-corrected chi connectivity index (χ2v) is 5.75. The molecule has 1 unspecified atom stereocenters. The van der Waals surface area contributed by atoms with Crippen LogP contribution in [0.2, 0.25) is 0 Å². The number of nitrogens with one attached hydrogen (secondary N) is 1. The van der Waals surface area contributed by atoms with Crippen molar-refractivity contribution in [2.45, 2.75) is 10.3 Å². The summed E-state index contributed by atoms with van der Waals surface area (Å²) in [5, 5.41) is 3.86. The predicted octanol–water partition coefficient (Wildman–Crippen LogP) is 4.67. The number of halogens is 1. The first-order valence-corrected chi connectivity index (χ1v) is 6.78. The van der Waals surface area contributed by atoms with E-state index in [4.69, 9.17) is 0 Å². The quantitative estimate of drug-likeness (QED) is 0.820. The Balaban J connectivity index is 1.88. The van der Waals surface area contributed by atoms with Crippen LogP contribution in [0.1, 0.15) is 10.9 Å². The number of rotatable bonds is 1. The standard InChI is InChI=1S/C13H10BrNS/c14-10-7-5-9(6-8-10)13-15-11-3-1-2-4-12(11)16-13/h1-8,13,15H. The lowest BCUT2D eigenvalue weighted by Gasteiger charge is -2.10. The number of anilines is 1. The van der Waals surface area contributed by atoms with E-state index >= 15 is 0 Å². The molecule has 1 atom stereocenters. The molecule has 0 spiro atoms. The van der Waals surface area contributed by atoms with Crippen molar-refractivity contribution in [2.75, 3.05) is 5.32 Å². The van der Waals surface area contributed by atoms with E-state index in [1.807, 2.05) is 11.8 Å². The van der Waals surface area contributed by atoms with Crippen molar-refractivity contribution in [1.29, 1.82) is 0 Å². The molecular formula is C13H10BrNS. The lowest BCUT2D eigenvalue weighted by atomic mass is 10.2. The summed E-state index contributed by atoms with van der Waals surface area (Å²) >= 11 is 5.32. The molecule has 1 N–H and O–H groups in total. The zero-order chi connectivity index (χ0) is 11.0. The van der Waals surface area contributed by atoms with Gasteiger partial charge >= 0.3 is 0 Å². The molecule has 0 saturated carbocycles. The van der Waals surface area contributed by atoms with E-state index < -0.39 is 0 Å². The van der Waals surface area contributed by atoms with Crippen molar-refractivity contribution in [3.63, 3.8) is 0 Å². The van der Waals surface area contributed by atoms with E-state index in [0.29, 0.717) is 5.37 Å². The second kappa shape index (κ2) is 4.15. The molecule has 0 aliphatic carbocycles. The van der Waals surface area contributed by atoms with Crippen LogP contribution in [0.3, 0.4) is 0 Å². The molecule has 0 aromatic heterocycles.